The fraction of sp³-hybridized carbons (Fsp3) is 0.625. The first-order valence-corrected chi connectivity index (χ1v) is 7.65. The number of rotatable bonds is 4. The van der Waals surface area contributed by atoms with Gasteiger partial charge >= 0.3 is 0 Å². The van der Waals surface area contributed by atoms with Crippen LogP contribution in [0.3, 0.4) is 0 Å². The molecule has 0 bridgehead atoms. The molecule has 0 atom stereocenters. The third-order valence-electron chi connectivity index (χ3n) is 4.10. The topological polar surface area (TPSA) is 65.5 Å². The predicted molar refractivity (Wildman–Crippen MR) is 83.6 cm³/mol. The highest BCUT2D eigenvalue weighted by Gasteiger charge is 2.24. The van der Waals surface area contributed by atoms with E-state index >= 15 is 0 Å². The van der Waals surface area contributed by atoms with E-state index in [4.69, 9.17) is 0 Å². The van der Waals surface area contributed by atoms with Gasteiger partial charge in [0.05, 0.1) is 0 Å². The number of likely N-dealkylation sites (tertiary alicyclic amines) is 1. The molecular weight excluding hydrogens is 266 g/mol. The first-order chi connectivity index (χ1) is 10.0. The van der Waals surface area contributed by atoms with Crippen molar-refractivity contribution >= 4 is 11.7 Å². The molecule has 2 rings (SSSR count). The fourth-order valence-electron chi connectivity index (χ4n) is 2.60. The molecular formula is C16H25N3O2. The Hall–Kier alpha value is -1.62. The van der Waals surface area contributed by atoms with Gasteiger partial charge in [0, 0.05) is 38.0 Å². The summed E-state index contributed by atoms with van der Waals surface area (Å²) in [6.45, 7) is 5.81. The zero-order chi connectivity index (χ0) is 15.4. The summed E-state index contributed by atoms with van der Waals surface area (Å²) < 4.78 is 0. The number of piperidine rings is 1. The summed E-state index contributed by atoms with van der Waals surface area (Å²) in [6, 6.07) is 3.71. The van der Waals surface area contributed by atoms with Crippen LogP contribution in [0.1, 0.15) is 48.7 Å². The third-order valence-corrected chi connectivity index (χ3v) is 4.10. The van der Waals surface area contributed by atoms with E-state index in [1.54, 1.807) is 0 Å². The average Bonchev–Trinajstić information content (AvgIpc) is 2.53. The Morgan fingerprint density at radius 1 is 1.43 bits per heavy atom. The first kappa shape index (κ1) is 15.8. The number of pyridine rings is 1. The Morgan fingerprint density at radius 3 is 2.62 bits per heavy atom. The quantitative estimate of drug-likeness (QED) is 0.891. The number of amides is 1. The van der Waals surface area contributed by atoms with E-state index in [1.807, 2.05) is 24.1 Å². The second kappa shape index (κ2) is 6.89. The van der Waals surface area contributed by atoms with Crippen molar-refractivity contribution in [2.45, 2.75) is 32.6 Å². The smallest absolute Gasteiger partial charge is 0.254 e. The molecule has 1 aromatic heterocycles. The molecule has 0 unspecified atom stereocenters. The molecule has 0 spiro atoms. The molecule has 1 aliphatic rings. The van der Waals surface area contributed by atoms with Crippen LogP contribution in [0.25, 0.3) is 0 Å². The van der Waals surface area contributed by atoms with Gasteiger partial charge < -0.3 is 15.3 Å². The predicted octanol–water partition coefficient (Wildman–Crippen LogP) is 2.09. The van der Waals surface area contributed by atoms with Gasteiger partial charge in [-0.3, -0.25) is 4.79 Å². The van der Waals surface area contributed by atoms with Gasteiger partial charge in [-0.15, -0.1) is 0 Å². The van der Waals surface area contributed by atoms with Crippen molar-refractivity contribution < 1.29 is 9.90 Å². The van der Waals surface area contributed by atoms with Crippen LogP contribution >= 0.6 is 0 Å². The highest BCUT2D eigenvalue weighted by atomic mass is 16.3. The normalized spacial score (nSPS) is 16.3. The summed E-state index contributed by atoms with van der Waals surface area (Å²) in [6.07, 6.45) is 1.76. The maximum atomic E-state index is 12.6. The molecule has 0 aliphatic carbocycles. The number of nitrogens with one attached hydrogen (secondary N) is 1. The van der Waals surface area contributed by atoms with Crippen molar-refractivity contribution in [3.63, 3.8) is 0 Å². The summed E-state index contributed by atoms with van der Waals surface area (Å²) >= 11 is 0. The van der Waals surface area contributed by atoms with Gasteiger partial charge in [-0.1, -0.05) is 13.8 Å². The lowest BCUT2D eigenvalue weighted by molar-refractivity contribution is 0.0650. The third kappa shape index (κ3) is 3.73. The molecule has 1 saturated heterocycles. The minimum Gasteiger partial charge on any atom is -0.396 e. The van der Waals surface area contributed by atoms with Gasteiger partial charge in [-0.2, -0.15) is 0 Å². The standard InChI is InChI=1S/C16H25N3O2/c1-11(2)14-8-13(9-15(17-3)18-14)16(21)19-6-4-12(10-20)5-7-19/h8-9,11-12,20H,4-7,10H2,1-3H3,(H,17,18). The molecule has 0 saturated carbocycles. The zero-order valence-electron chi connectivity index (χ0n) is 13.1. The molecule has 21 heavy (non-hydrogen) atoms. The van der Waals surface area contributed by atoms with Gasteiger partial charge in [-0.25, -0.2) is 4.98 Å². The number of aliphatic hydroxyl groups excluding tert-OH is 1. The van der Waals surface area contributed by atoms with Crippen LogP contribution in [-0.2, 0) is 0 Å². The Bertz CT molecular complexity index is 494. The van der Waals surface area contributed by atoms with E-state index in [2.05, 4.69) is 24.1 Å². The Morgan fingerprint density at radius 2 is 2.10 bits per heavy atom. The van der Waals surface area contributed by atoms with E-state index in [-0.39, 0.29) is 18.4 Å². The van der Waals surface area contributed by atoms with Crippen LogP contribution in [-0.4, -0.2) is 47.6 Å². The molecule has 1 amide bonds. The van der Waals surface area contributed by atoms with Gasteiger partial charge in [0.2, 0.25) is 0 Å². The number of carbonyl (C=O) groups excluding carboxylic acids is 1. The molecule has 0 radical (unpaired) electrons. The largest absolute Gasteiger partial charge is 0.396 e. The van der Waals surface area contributed by atoms with Crippen LogP contribution in [0.5, 0.6) is 0 Å². The summed E-state index contributed by atoms with van der Waals surface area (Å²) in [4.78, 5) is 19.0. The van der Waals surface area contributed by atoms with Crippen molar-refractivity contribution in [1.29, 1.82) is 0 Å². The molecule has 2 heterocycles. The molecule has 116 valence electrons. The van der Waals surface area contributed by atoms with Crippen molar-refractivity contribution in [2.24, 2.45) is 5.92 Å². The van der Waals surface area contributed by atoms with Crippen LogP contribution in [0.4, 0.5) is 5.82 Å². The SMILES string of the molecule is CNc1cc(C(=O)N2CCC(CO)CC2)cc(C(C)C)n1. The van der Waals surface area contributed by atoms with E-state index in [0.717, 1.165) is 37.4 Å². The van der Waals surface area contributed by atoms with Crippen molar-refractivity contribution in [3.05, 3.63) is 23.4 Å². The minimum absolute atomic E-state index is 0.0622. The number of hydrogen-bond donors (Lipinski definition) is 2. The van der Waals surface area contributed by atoms with E-state index < -0.39 is 0 Å². The number of anilines is 1. The Kier molecular flexibility index (Phi) is 5.17. The zero-order valence-corrected chi connectivity index (χ0v) is 13.1. The molecule has 1 aromatic rings. The lowest BCUT2D eigenvalue weighted by Gasteiger charge is -2.31. The second-order valence-corrected chi connectivity index (χ2v) is 5.99. The lowest BCUT2D eigenvalue weighted by atomic mass is 9.97. The van der Waals surface area contributed by atoms with Crippen LogP contribution in [0.15, 0.2) is 12.1 Å². The van der Waals surface area contributed by atoms with Gasteiger partial charge in [-0.05, 0) is 36.8 Å². The number of aliphatic hydroxyl groups is 1. The monoisotopic (exact) mass is 291 g/mol. The van der Waals surface area contributed by atoms with E-state index in [9.17, 15) is 9.90 Å². The summed E-state index contributed by atoms with van der Waals surface area (Å²) in [5.41, 5.74) is 1.62. The highest BCUT2D eigenvalue weighted by Crippen LogP contribution is 2.22. The number of carbonyl (C=O) groups is 1. The van der Waals surface area contributed by atoms with Gasteiger partial charge in [0.1, 0.15) is 5.82 Å². The first-order valence-electron chi connectivity index (χ1n) is 7.65. The fourth-order valence-corrected chi connectivity index (χ4v) is 2.60. The summed E-state index contributed by atoms with van der Waals surface area (Å²) in [5.74, 6) is 1.41. The maximum Gasteiger partial charge on any atom is 0.254 e. The van der Waals surface area contributed by atoms with E-state index in [0.29, 0.717) is 11.5 Å². The average molecular weight is 291 g/mol. The van der Waals surface area contributed by atoms with Crippen molar-refractivity contribution in [2.75, 3.05) is 32.1 Å². The highest BCUT2D eigenvalue weighted by molar-refractivity contribution is 5.95. The van der Waals surface area contributed by atoms with Crippen LogP contribution < -0.4 is 5.32 Å². The Labute approximate surface area is 126 Å². The molecule has 2 N–H and O–H groups in total. The van der Waals surface area contributed by atoms with Crippen LogP contribution in [0, 0.1) is 5.92 Å². The van der Waals surface area contributed by atoms with Gasteiger partial charge in [0.25, 0.3) is 5.91 Å². The number of aromatic nitrogens is 1. The maximum absolute atomic E-state index is 12.6. The summed E-state index contributed by atoms with van der Waals surface area (Å²) in [5, 5.41) is 12.2. The second-order valence-electron chi connectivity index (χ2n) is 5.99. The molecule has 1 fully saturated rings. The van der Waals surface area contributed by atoms with Crippen molar-refractivity contribution in [3.8, 4) is 0 Å². The van der Waals surface area contributed by atoms with Gasteiger partial charge in [0.15, 0.2) is 0 Å². The summed E-state index contributed by atoms with van der Waals surface area (Å²) in [7, 11) is 1.81. The van der Waals surface area contributed by atoms with E-state index in [1.165, 1.54) is 0 Å². The van der Waals surface area contributed by atoms with Crippen LogP contribution in [0.2, 0.25) is 0 Å². The number of hydrogen-bond acceptors (Lipinski definition) is 4. The molecule has 1 aliphatic heterocycles. The number of nitrogens with zero attached hydrogens (tertiary/aromatic N) is 2. The molecule has 5 nitrogen and oxygen atoms in total. The lowest BCUT2D eigenvalue weighted by Crippen LogP contribution is -2.39. The molecule has 0 aromatic carbocycles. The Balaban J connectivity index is 2.17. The molecule has 5 heteroatoms. The van der Waals surface area contributed by atoms with Crippen molar-refractivity contribution in [1.82, 2.24) is 9.88 Å². The minimum atomic E-state index is 0.0622.